The van der Waals surface area contributed by atoms with Crippen molar-refractivity contribution in [3.8, 4) is 0 Å². The number of hydrogen-bond donors (Lipinski definition) is 2. The molecule has 0 saturated carbocycles. The molecule has 5 nitrogen and oxygen atoms in total. The van der Waals surface area contributed by atoms with Crippen LogP contribution >= 0.6 is 0 Å². The summed E-state index contributed by atoms with van der Waals surface area (Å²) in [7, 11) is 0. The lowest BCUT2D eigenvalue weighted by Crippen LogP contribution is -2.30. The molecule has 106 valence electrons. The summed E-state index contributed by atoms with van der Waals surface area (Å²) in [5.41, 5.74) is 6.21. The highest BCUT2D eigenvalue weighted by Crippen LogP contribution is 2.25. The van der Waals surface area contributed by atoms with Gasteiger partial charge in [0, 0.05) is 0 Å². The van der Waals surface area contributed by atoms with Gasteiger partial charge in [-0.25, -0.2) is 4.79 Å². The minimum Gasteiger partial charge on any atom is -0.507 e. The second kappa shape index (κ2) is 5.88. The Labute approximate surface area is 117 Å². The van der Waals surface area contributed by atoms with Gasteiger partial charge in [-0.05, 0) is 25.3 Å². The average Bonchev–Trinajstić information content (AvgIpc) is 2.71. The Morgan fingerprint density at radius 1 is 1.40 bits per heavy atom. The fourth-order valence-corrected chi connectivity index (χ4v) is 2.10. The molecule has 2 atom stereocenters. The van der Waals surface area contributed by atoms with E-state index in [9.17, 15) is 14.7 Å². The molecule has 5 heteroatoms. The number of cyclic esters (lactones) is 1. The average molecular weight is 275 g/mol. The van der Waals surface area contributed by atoms with Gasteiger partial charge in [-0.2, -0.15) is 0 Å². The summed E-state index contributed by atoms with van der Waals surface area (Å²) in [5, 5.41) is 9.97. The normalized spacial score (nSPS) is 19.9. The van der Waals surface area contributed by atoms with Gasteiger partial charge < -0.3 is 15.6 Å². The molecule has 1 aliphatic rings. The van der Waals surface area contributed by atoms with Gasteiger partial charge in [0.05, 0.1) is 6.04 Å². The summed E-state index contributed by atoms with van der Waals surface area (Å²) >= 11 is 0. The third kappa shape index (κ3) is 2.88. The number of Topliss-reactive ketones (excluding diaryl/α,β-unsaturated/α-hetero) is 1. The molecule has 3 N–H and O–H groups in total. The number of aliphatic hydroxyl groups excluding tert-OH is 1. The van der Waals surface area contributed by atoms with Crippen molar-refractivity contribution < 1.29 is 19.4 Å². The van der Waals surface area contributed by atoms with E-state index in [1.165, 1.54) is 6.92 Å². The second-order valence-electron chi connectivity index (χ2n) is 4.83. The van der Waals surface area contributed by atoms with E-state index in [0.29, 0.717) is 12.8 Å². The summed E-state index contributed by atoms with van der Waals surface area (Å²) in [5.74, 6) is -1.68. The van der Waals surface area contributed by atoms with E-state index in [4.69, 9.17) is 10.5 Å². The molecule has 0 aliphatic carbocycles. The molecular weight excluding hydrogens is 258 g/mol. The fourth-order valence-electron chi connectivity index (χ4n) is 2.10. The molecule has 0 spiro atoms. The molecule has 1 aliphatic heterocycles. The quantitative estimate of drug-likeness (QED) is 0.624. The van der Waals surface area contributed by atoms with Crippen LogP contribution < -0.4 is 5.73 Å². The monoisotopic (exact) mass is 275 g/mol. The summed E-state index contributed by atoms with van der Waals surface area (Å²) in [4.78, 5) is 23.4. The molecule has 0 radical (unpaired) electrons. The molecule has 1 aromatic carbocycles. The van der Waals surface area contributed by atoms with Gasteiger partial charge in [0.25, 0.3) is 0 Å². The van der Waals surface area contributed by atoms with Crippen molar-refractivity contribution in [2.24, 2.45) is 5.73 Å². The number of ketones is 1. The molecular formula is C15H17NO4. The first-order valence-electron chi connectivity index (χ1n) is 6.48. The van der Waals surface area contributed by atoms with Crippen molar-refractivity contribution in [3.63, 3.8) is 0 Å². The van der Waals surface area contributed by atoms with Gasteiger partial charge in [-0.15, -0.1) is 0 Å². The maximum absolute atomic E-state index is 11.7. The van der Waals surface area contributed by atoms with Crippen LogP contribution in [0, 0.1) is 0 Å². The maximum atomic E-state index is 11.7. The number of ether oxygens (including phenoxy) is 1. The van der Waals surface area contributed by atoms with Gasteiger partial charge in [-0.1, -0.05) is 30.3 Å². The number of hydrogen-bond acceptors (Lipinski definition) is 5. The lowest BCUT2D eigenvalue weighted by molar-refractivity contribution is -0.141. The number of carbonyl (C=O) groups excluding carboxylic acids is 2. The third-order valence-electron chi connectivity index (χ3n) is 3.21. The Morgan fingerprint density at radius 3 is 2.65 bits per heavy atom. The first-order valence-corrected chi connectivity index (χ1v) is 6.48. The Bertz CT molecular complexity index is 548. The number of benzene rings is 1. The summed E-state index contributed by atoms with van der Waals surface area (Å²) < 4.78 is 5.04. The highest BCUT2D eigenvalue weighted by molar-refractivity contribution is 6.20. The molecule has 0 aromatic heterocycles. The first-order chi connectivity index (χ1) is 9.50. The van der Waals surface area contributed by atoms with Crippen molar-refractivity contribution >= 4 is 11.8 Å². The van der Waals surface area contributed by atoms with Crippen molar-refractivity contribution in [1.29, 1.82) is 0 Å². The van der Waals surface area contributed by atoms with E-state index >= 15 is 0 Å². The number of nitrogens with two attached hydrogens (primary N) is 1. The number of carbonyl (C=O) groups is 2. The standard InChI is InChI=1S/C15H17NO4/c1-9(16)13(17)12-14(18)11(20-15(12)19)8-7-10-5-3-2-4-6-10/h2-6,9,11,18H,7-8,16H2,1H3. The van der Waals surface area contributed by atoms with Crippen LogP contribution in [0.15, 0.2) is 41.7 Å². The van der Waals surface area contributed by atoms with Crippen LogP contribution in [0.2, 0.25) is 0 Å². The van der Waals surface area contributed by atoms with Gasteiger partial charge in [0.15, 0.2) is 17.6 Å². The number of aryl methyl sites for hydroxylation is 1. The number of aliphatic hydroxyl groups is 1. The molecule has 20 heavy (non-hydrogen) atoms. The highest BCUT2D eigenvalue weighted by Gasteiger charge is 2.38. The van der Waals surface area contributed by atoms with Crippen LogP contribution in [-0.2, 0) is 20.7 Å². The molecule has 0 bridgehead atoms. The molecule has 0 fully saturated rings. The topological polar surface area (TPSA) is 89.6 Å². The van der Waals surface area contributed by atoms with Gasteiger partial charge >= 0.3 is 5.97 Å². The zero-order valence-electron chi connectivity index (χ0n) is 11.2. The Kier molecular flexibility index (Phi) is 4.20. The van der Waals surface area contributed by atoms with Crippen LogP contribution in [-0.4, -0.2) is 29.0 Å². The Morgan fingerprint density at radius 2 is 2.05 bits per heavy atom. The van der Waals surface area contributed by atoms with Crippen LogP contribution in [0.1, 0.15) is 18.9 Å². The van der Waals surface area contributed by atoms with E-state index in [-0.39, 0.29) is 11.3 Å². The smallest absolute Gasteiger partial charge is 0.346 e. The van der Waals surface area contributed by atoms with Crippen LogP contribution in [0.25, 0.3) is 0 Å². The van der Waals surface area contributed by atoms with E-state index < -0.39 is 23.9 Å². The lowest BCUT2D eigenvalue weighted by Gasteiger charge is -2.09. The SMILES string of the molecule is CC(N)C(=O)C1=C(O)C(CCc2ccccc2)OC1=O. The number of esters is 1. The van der Waals surface area contributed by atoms with E-state index in [2.05, 4.69) is 0 Å². The highest BCUT2D eigenvalue weighted by atomic mass is 16.6. The minimum absolute atomic E-state index is 0.298. The molecule has 0 saturated heterocycles. The predicted molar refractivity (Wildman–Crippen MR) is 73.0 cm³/mol. The zero-order valence-corrected chi connectivity index (χ0v) is 11.2. The van der Waals surface area contributed by atoms with Crippen LogP contribution in [0.3, 0.4) is 0 Å². The van der Waals surface area contributed by atoms with Crippen molar-refractivity contribution in [1.82, 2.24) is 0 Å². The maximum Gasteiger partial charge on any atom is 0.346 e. The molecule has 1 heterocycles. The van der Waals surface area contributed by atoms with E-state index in [0.717, 1.165) is 5.56 Å². The van der Waals surface area contributed by atoms with Gasteiger partial charge in [0.1, 0.15) is 5.57 Å². The summed E-state index contributed by atoms with van der Waals surface area (Å²) in [6.07, 6.45) is 0.306. The molecule has 0 amide bonds. The largest absolute Gasteiger partial charge is 0.507 e. The Hall–Kier alpha value is -2.14. The fraction of sp³-hybridized carbons (Fsp3) is 0.333. The van der Waals surface area contributed by atoms with Crippen molar-refractivity contribution in [2.75, 3.05) is 0 Å². The Balaban J connectivity index is 2.07. The predicted octanol–water partition coefficient (Wildman–Crippen LogP) is 1.27. The lowest BCUT2D eigenvalue weighted by atomic mass is 10.0. The zero-order chi connectivity index (χ0) is 14.7. The van der Waals surface area contributed by atoms with Crippen LogP contribution in [0.4, 0.5) is 0 Å². The number of rotatable bonds is 5. The third-order valence-corrected chi connectivity index (χ3v) is 3.21. The first kappa shape index (κ1) is 14.3. The second-order valence-corrected chi connectivity index (χ2v) is 4.83. The minimum atomic E-state index is -0.840. The van der Waals surface area contributed by atoms with Gasteiger partial charge in [0.2, 0.25) is 0 Å². The van der Waals surface area contributed by atoms with Crippen LogP contribution in [0.5, 0.6) is 0 Å². The van der Waals surface area contributed by atoms with E-state index in [1.54, 1.807) is 0 Å². The van der Waals surface area contributed by atoms with Crippen molar-refractivity contribution in [2.45, 2.75) is 31.9 Å². The van der Waals surface area contributed by atoms with Crippen molar-refractivity contribution in [3.05, 3.63) is 47.2 Å². The van der Waals surface area contributed by atoms with Gasteiger partial charge in [-0.3, -0.25) is 4.79 Å². The van der Waals surface area contributed by atoms with E-state index in [1.807, 2.05) is 30.3 Å². The summed E-state index contributed by atoms with van der Waals surface area (Å²) in [6.45, 7) is 1.47. The summed E-state index contributed by atoms with van der Waals surface area (Å²) in [6, 6.07) is 8.80. The molecule has 1 aromatic rings. The molecule has 2 unspecified atom stereocenters. The molecule has 2 rings (SSSR count).